The first kappa shape index (κ1) is 24.0. The number of carbonyl (C=O) groups excluding carboxylic acids is 1. The lowest BCUT2D eigenvalue weighted by molar-refractivity contribution is 0.0696. The minimum atomic E-state index is -3.28. The van der Waals surface area contributed by atoms with Gasteiger partial charge in [-0.3, -0.25) is 4.79 Å². The Morgan fingerprint density at radius 2 is 1.43 bits per heavy atom. The van der Waals surface area contributed by atoms with Crippen molar-refractivity contribution in [1.82, 2.24) is 5.32 Å². The van der Waals surface area contributed by atoms with E-state index in [4.69, 9.17) is 5.11 Å². The van der Waals surface area contributed by atoms with Gasteiger partial charge in [-0.1, -0.05) is 42.5 Å². The summed E-state index contributed by atoms with van der Waals surface area (Å²) in [5, 5.41) is 24.1. The highest BCUT2D eigenvalue weighted by Crippen LogP contribution is 2.31. The second-order valence-corrected chi connectivity index (χ2v) is 10.3. The van der Waals surface area contributed by atoms with Gasteiger partial charge < -0.3 is 15.5 Å². The van der Waals surface area contributed by atoms with Crippen LogP contribution in [0.5, 0.6) is 5.75 Å². The van der Waals surface area contributed by atoms with E-state index in [0.29, 0.717) is 22.9 Å². The lowest BCUT2D eigenvalue weighted by Crippen LogP contribution is -2.22. The zero-order chi connectivity index (χ0) is 25.2. The maximum Gasteiger partial charge on any atom is 0.335 e. The number of amides is 1. The zero-order valence-electron chi connectivity index (χ0n) is 18.9. The molecular weight excluding hydrogens is 466 g/mol. The van der Waals surface area contributed by atoms with Gasteiger partial charge in [0.2, 0.25) is 0 Å². The fraction of sp³-hybridized carbons (Fsp3) is 0.111. The number of fused-ring (bicyclic) bond motifs is 1. The number of hydrogen-bond acceptors (Lipinski definition) is 5. The third kappa shape index (κ3) is 5.50. The van der Waals surface area contributed by atoms with E-state index in [9.17, 15) is 23.1 Å². The third-order valence-electron chi connectivity index (χ3n) is 5.74. The molecule has 3 N–H and O–H groups in total. The Kier molecular flexibility index (Phi) is 6.57. The summed E-state index contributed by atoms with van der Waals surface area (Å²) < 4.78 is 23.2. The van der Waals surface area contributed by atoms with Gasteiger partial charge in [-0.15, -0.1) is 0 Å². The monoisotopic (exact) mass is 489 g/mol. The number of rotatable bonds is 7. The van der Waals surface area contributed by atoms with Crippen LogP contribution in [0.15, 0.2) is 83.8 Å². The van der Waals surface area contributed by atoms with Crippen LogP contribution in [0.2, 0.25) is 0 Å². The van der Waals surface area contributed by atoms with Crippen molar-refractivity contribution in [2.75, 3.05) is 6.26 Å². The van der Waals surface area contributed by atoms with E-state index in [2.05, 4.69) is 5.32 Å². The molecule has 0 spiro atoms. The topological polar surface area (TPSA) is 121 Å². The van der Waals surface area contributed by atoms with E-state index < -0.39 is 15.8 Å². The fourth-order valence-electron chi connectivity index (χ4n) is 3.76. The number of carboxylic acids is 1. The fourth-order valence-corrected chi connectivity index (χ4v) is 4.39. The van der Waals surface area contributed by atoms with E-state index in [1.54, 1.807) is 42.5 Å². The Hall–Kier alpha value is -4.17. The van der Waals surface area contributed by atoms with E-state index in [1.165, 1.54) is 24.3 Å². The Balaban J connectivity index is 1.51. The molecule has 0 unspecified atom stereocenters. The van der Waals surface area contributed by atoms with Gasteiger partial charge in [0, 0.05) is 30.2 Å². The van der Waals surface area contributed by atoms with Crippen molar-refractivity contribution < 1.29 is 28.2 Å². The van der Waals surface area contributed by atoms with Crippen LogP contribution in [-0.2, 0) is 22.8 Å². The highest BCUT2D eigenvalue weighted by Gasteiger charge is 2.13. The van der Waals surface area contributed by atoms with Crippen molar-refractivity contribution in [3.8, 4) is 5.75 Å². The number of aromatic carboxylic acids is 1. The van der Waals surface area contributed by atoms with Crippen LogP contribution in [0.3, 0.4) is 0 Å². The Morgan fingerprint density at radius 1 is 0.829 bits per heavy atom. The number of carbonyl (C=O) groups is 2. The van der Waals surface area contributed by atoms with Gasteiger partial charge in [-0.25, -0.2) is 13.2 Å². The summed E-state index contributed by atoms with van der Waals surface area (Å²) in [6, 6.07) is 21.5. The second kappa shape index (κ2) is 9.60. The molecule has 1 amide bonds. The lowest BCUT2D eigenvalue weighted by atomic mass is 9.98. The molecule has 7 nitrogen and oxygen atoms in total. The number of carboxylic acid groups (broad SMARTS) is 1. The molecule has 0 bridgehead atoms. The van der Waals surface area contributed by atoms with Crippen molar-refractivity contribution in [1.29, 1.82) is 0 Å². The maximum absolute atomic E-state index is 12.7. The van der Waals surface area contributed by atoms with Crippen LogP contribution < -0.4 is 5.32 Å². The second-order valence-electron chi connectivity index (χ2n) is 8.29. The smallest absolute Gasteiger partial charge is 0.335 e. The molecule has 0 saturated carbocycles. The average Bonchev–Trinajstić information content (AvgIpc) is 2.84. The molecule has 0 saturated heterocycles. The van der Waals surface area contributed by atoms with Crippen molar-refractivity contribution in [3.05, 3.63) is 107 Å². The Morgan fingerprint density at radius 3 is 2.06 bits per heavy atom. The van der Waals surface area contributed by atoms with E-state index >= 15 is 0 Å². The maximum atomic E-state index is 12.7. The van der Waals surface area contributed by atoms with Gasteiger partial charge in [0.05, 0.1) is 10.5 Å². The van der Waals surface area contributed by atoms with Crippen molar-refractivity contribution >= 4 is 32.5 Å². The number of hydrogen-bond donors (Lipinski definition) is 3. The molecule has 0 fully saturated rings. The van der Waals surface area contributed by atoms with Crippen LogP contribution >= 0.6 is 0 Å². The molecule has 0 heterocycles. The van der Waals surface area contributed by atoms with Crippen molar-refractivity contribution in [2.45, 2.75) is 17.9 Å². The number of phenols is 1. The molecule has 4 aromatic rings. The van der Waals surface area contributed by atoms with Crippen molar-refractivity contribution in [2.24, 2.45) is 0 Å². The van der Waals surface area contributed by atoms with Gasteiger partial charge in [-0.05, 0) is 58.5 Å². The molecule has 4 rings (SSSR count). The number of nitrogens with one attached hydrogen (secondary N) is 1. The summed E-state index contributed by atoms with van der Waals surface area (Å²) in [4.78, 5) is 24.0. The molecule has 0 aliphatic carbocycles. The minimum absolute atomic E-state index is 0.0656. The molecule has 8 heteroatoms. The molecule has 0 radical (unpaired) electrons. The van der Waals surface area contributed by atoms with Crippen LogP contribution in [0.4, 0.5) is 0 Å². The molecule has 0 atom stereocenters. The van der Waals surface area contributed by atoms with Gasteiger partial charge in [0.1, 0.15) is 5.75 Å². The molecule has 35 heavy (non-hydrogen) atoms. The number of phenolic OH excluding ortho intramolecular Hbond substituents is 1. The van der Waals surface area contributed by atoms with Crippen LogP contribution in [0.1, 0.15) is 37.4 Å². The number of benzene rings is 4. The number of aromatic hydroxyl groups is 1. The summed E-state index contributed by atoms with van der Waals surface area (Å²) in [5.41, 5.74) is 2.83. The van der Waals surface area contributed by atoms with Gasteiger partial charge in [0.25, 0.3) is 5.91 Å². The van der Waals surface area contributed by atoms with E-state index in [1.807, 2.05) is 12.1 Å². The zero-order valence-corrected chi connectivity index (χ0v) is 19.7. The van der Waals surface area contributed by atoms with Crippen molar-refractivity contribution in [3.63, 3.8) is 0 Å². The van der Waals surface area contributed by atoms with Crippen LogP contribution in [0.25, 0.3) is 10.8 Å². The molecule has 0 aliphatic heterocycles. The Bertz CT molecular complexity index is 1520. The van der Waals surface area contributed by atoms with Gasteiger partial charge in [-0.2, -0.15) is 0 Å². The van der Waals surface area contributed by atoms with E-state index in [-0.39, 0.29) is 28.7 Å². The first-order valence-electron chi connectivity index (χ1n) is 10.8. The summed E-state index contributed by atoms with van der Waals surface area (Å²) in [6.45, 7) is 0.222. The molecule has 4 aromatic carbocycles. The average molecular weight is 490 g/mol. The number of sulfone groups is 1. The largest absolute Gasteiger partial charge is 0.507 e. The molecule has 178 valence electrons. The highest BCUT2D eigenvalue weighted by molar-refractivity contribution is 7.90. The van der Waals surface area contributed by atoms with Gasteiger partial charge >= 0.3 is 5.97 Å². The molecule has 0 aliphatic rings. The highest BCUT2D eigenvalue weighted by atomic mass is 32.2. The predicted octanol–water partition coefficient (Wildman–Crippen LogP) is 4.17. The standard InChI is InChI=1S/C27H23NO6S/c1-35(33,34)23-12-4-18(5-13-23)16-28-26(30)22-11-9-19-8-10-21(25(29)24(19)15-22)14-17-2-6-20(7-3-17)27(31)32/h2-13,15,29H,14,16H2,1H3,(H,28,30)(H,31,32). The predicted molar refractivity (Wildman–Crippen MR) is 133 cm³/mol. The first-order chi connectivity index (χ1) is 16.6. The van der Waals surface area contributed by atoms with Crippen LogP contribution in [-0.4, -0.2) is 36.8 Å². The van der Waals surface area contributed by atoms with Crippen LogP contribution in [0, 0.1) is 0 Å². The van der Waals surface area contributed by atoms with E-state index in [0.717, 1.165) is 22.8 Å². The summed E-state index contributed by atoms with van der Waals surface area (Å²) in [7, 11) is -3.28. The first-order valence-corrected chi connectivity index (χ1v) is 12.6. The quantitative estimate of drug-likeness (QED) is 0.358. The summed E-state index contributed by atoms with van der Waals surface area (Å²) >= 11 is 0. The third-order valence-corrected chi connectivity index (χ3v) is 6.87. The molecular formula is C27H23NO6S. The van der Waals surface area contributed by atoms with Gasteiger partial charge in [0.15, 0.2) is 9.84 Å². The normalized spacial score (nSPS) is 11.3. The summed E-state index contributed by atoms with van der Waals surface area (Å²) in [6.07, 6.45) is 1.54. The SMILES string of the molecule is CS(=O)(=O)c1ccc(CNC(=O)c2ccc3ccc(Cc4ccc(C(=O)O)cc4)c(O)c3c2)cc1. The minimum Gasteiger partial charge on any atom is -0.507 e. The Labute approximate surface area is 202 Å². The molecule has 0 aromatic heterocycles. The summed E-state index contributed by atoms with van der Waals surface area (Å²) in [5.74, 6) is -1.26. The lowest BCUT2D eigenvalue weighted by Gasteiger charge is -2.11.